The van der Waals surface area contributed by atoms with Gasteiger partial charge in [0.05, 0.1) is 23.8 Å². The van der Waals surface area contributed by atoms with Gasteiger partial charge in [-0.05, 0) is 25.8 Å². The smallest absolute Gasteiger partial charge is 0.150 e. The van der Waals surface area contributed by atoms with Crippen LogP contribution in [-0.4, -0.2) is 36.0 Å². The Morgan fingerprint density at radius 3 is 2.68 bits per heavy atom. The van der Waals surface area contributed by atoms with Gasteiger partial charge < -0.3 is 9.88 Å². The summed E-state index contributed by atoms with van der Waals surface area (Å²) in [5, 5.41) is 3.43. The summed E-state index contributed by atoms with van der Waals surface area (Å²) in [6.45, 7) is 4.73. The first-order valence-corrected chi connectivity index (χ1v) is 8.72. The molecule has 1 heterocycles. The van der Waals surface area contributed by atoms with Crippen molar-refractivity contribution in [3.05, 3.63) is 18.2 Å². The van der Waals surface area contributed by atoms with E-state index in [1.54, 1.807) is 13.3 Å². The quantitative estimate of drug-likeness (QED) is 0.750. The molecule has 6 heteroatoms. The van der Waals surface area contributed by atoms with Crippen LogP contribution in [0.4, 0.5) is 0 Å². The summed E-state index contributed by atoms with van der Waals surface area (Å²) in [4.78, 5) is 4.36. The van der Waals surface area contributed by atoms with Crippen LogP contribution in [0.5, 0.6) is 0 Å². The molecule has 1 unspecified atom stereocenters. The second kappa shape index (κ2) is 7.65. The highest BCUT2D eigenvalue weighted by Crippen LogP contribution is 2.17. The molecule has 0 bridgehead atoms. The summed E-state index contributed by atoms with van der Waals surface area (Å²) in [7, 11) is -0.927. The van der Waals surface area contributed by atoms with Gasteiger partial charge in [-0.3, -0.25) is 0 Å². The molecule has 1 rings (SSSR count). The number of aromatic nitrogens is 2. The molecule has 1 N–H and O–H groups in total. The Morgan fingerprint density at radius 1 is 1.42 bits per heavy atom. The highest BCUT2D eigenvalue weighted by Gasteiger charge is 2.15. The van der Waals surface area contributed by atoms with Crippen molar-refractivity contribution >= 4 is 9.84 Å². The molecule has 0 amide bonds. The predicted octanol–water partition coefficient (Wildman–Crippen LogP) is 1.68. The molecule has 0 spiro atoms. The van der Waals surface area contributed by atoms with Gasteiger partial charge in [-0.2, -0.15) is 0 Å². The summed E-state index contributed by atoms with van der Waals surface area (Å²) in [6.07, 6.45) is 6.29. The van der Waals surface area contributed by atoms with E-state index in [-0.39, 0.29) is 17.5 Å². The van der Waals surface area contributed by atoms with Crippen molar-refractivity contribution in [3.63, 3.8) is 0 Å². The van der Waals surface area contributed by atoms with Crippen LogP contribution in [0, 0.1) is 0 Å². The van der Waals surface area contributed by atoms with Crippen LogP contribution >= 0.6 is 0 Å². The monoisotopic (exact) mass is 287 g/mol. The lowest BCUT2D eigenvalue weighted by atomic mass is 10.1. The molecule has 110 valence electrons. The normalized spacial score (nSPS) is 13.6. The Labute approximate surface area is 116 Å². The Kier molecular flexibility index (Phi) is 6.51. The molecule has 1 atom stereocenters. The highest BCUT2D eigenvalue weighted by molar-refractivity contribution is 7.91. The standard InChI is InChI=1S/C13H25N3O2S/c1-4-8-14-12(13-10-16(3)11-15-13)7-6-9-19(17,18)5-2/h10-12,14H,4-9H2,1-3H3. The summed E-state index contributed by atoms with van der Waals surface area (Å²) in [5.74, 6) is 0.490. The molecule has 0 radical (unpaired) electrons. The largest absolute Gasteiger partial charge is 0.340 e. The molecule has 0 aliphatic rings. The summed E-state index contributed by atoms with van der Waals surface area (Å²) >= 11 is 0. The van der Waals surface area contributed by atoms with E-state index in [4.69, 9.17) is 0 Å². The molecule has 5 nitrogen and oxygen atoms in total. The van der Waals surface area contributed by atoms with E-state index in [1.165, 1.54) is 0 Å². The number of imidazole rings is 1. The molecule has 19 heavy (non-hydrogen) atoms. The van der Waals surface area contributed by atoms with Gasteiger partial charge in [0.2, 0.25) is 0 Å². The number of aryl methyl sites for hydroxylation is 1. The van der Waals surface area contributed by atoms with Gasteiger partial charge in [-0.15, -0.1) is 0 Å². The maximum atomic E-state index is 11.5. The second-order valence-corrected chi connectivity index (χ2v) is 7.32. The van der Waals surface area contributed by atoms with E-state index < -0.39 is 9.84 Å². The van der Waals surface area contributed by atoms with Crippen LogP contribution in [0.3, 0.4) is 0 Å². The minimum atomic E-state index is -2.87. The fraction of sp³-hybridized carbons (Fsp3) is 0.769. The molecule has 0 aliphatic heterocycles. The van der Waals surface area contributed by atoms with Gasteiger partial charge >= 0.3 is 0 Å². The van der Waals surface area contributed by atoms with E-state index in [0.29, 0.717) is 6.42 Å². The van der Waals surface area contributed by atoms with Crippen LogP contribution < -0.4 is 5.32 Å². The SMILES string of the molecule is CCCNC(CCCS(=O)(=O)CC)c1cn(C)cn1. The topological polar surface area (TPSA) is 64.0 Å². The van der Waals surface area contributed by atoms with Crippen molar-refractivity contribution in [1.82, 2.24) is 14.9 Å². The predicted molar refractivity (Wildman–Crippen MR) is 77.8 cm³/mol. The van der Waals surface area contributed by atoms with Gasteiger partial charge in [-0.25, -0.2) is 13.4 Å². The number of hydrogen-bond donors (Lipinski definition) is 1. The average molecular weight is 287 g/mol. The minimum absolute atomic E-state index is 0.146. The van der Waals surface area contributed by atoms with Crippen LogP contribution in [0.1, 0.15) is 44.8 Å². The zero-order chi connectivity index (χ0) is 14.3. The maximum Gasteiger partial charge on any atom is 0.150 e. The third kappa shape index (κ3) is 5.74. The zero-order valence-electron chi connectivity index (χ0n) is 12.1. The molecule has 1 aromatic rings. The lowest BCUT2D eigenvalue weighted by Crippen LogP contribution is -2.23. The van der Waals surface area contributed by atoms with Crippen molar-refractivity contribution < 1.29 is 8.42 Å². The van der Waals surface area contributed by atoms with Crippen LogP contribution in [0.15, 0.2) is 12.5 Å². The van der Waals surface area contributed by atoms with Crippen molar-refractivity contribution in [2.45, 2.75) is 39.2 Å². The number of nitrogens with one attached hydrogen (secondary N) is 1. The van der Waals surface area contributed by atoms with Crippen molar-refractivity contribution in [2.75, 3.05) is 18.1 Å². The molecular formula is C13H25N3O2S. The molecule has 0 fully saturated rings. The van der Waals surface area contributed by atoms with E-state index in [1.807, 2.05) is 17.8 Å². The third-order valence-corrected chi connectivity index (χ3v) is 4.90. The number of nitrogens with zero attached hydrogens (tertiary/aromatic N) is 2. The second-order valence-electron chi connectivity index (χ2n) is 4.85. The zero-order valence-corrected chi connectivity index (χ0v) is 12.9. The van der Waals surface area contributed by atoms with Crippen LogP contribution in [0.2, 0.25) is 0 Å². The van der Waals surface area contributed by atoms with Gasteiger partial charge in [0.25, 0.3) is 0 Å². The molecule has 0 saturated heterocycles. The molecule has 0 saturated carbocycles. The molecule has 1 aromatic heterocycles. The van der Waals surface area contributed by atoms with Gasteiger partial charge in [0.1, 0.15) is 9.84 Å². The highest BCUT2D eigenvalue weighted by atomic mass is 32.2. The Bertz CT molecular complexity index is 468. The van der Waals surface area contributed by atoms with Crippen molar-refractivity contribution in [2.24, 2.45) is 7.05 Å². The average Bonchev–Trinajstić information content (AvgIpc) is 2.80. The van der Waals surface area contributed by atoms with Crippen molar-refractivity contribution in [3.8, 4) is 0 Å². The number of sulfone groups is 1. The van der Waals surface area contributed by atoms with E-state index in [9.17, 15) is 8.42 Å². The lowest BCUT2D eigenvalue weighted by Gasteiger charge is -2.16. The minimum Gasteiger partial charge on any atom is -0.340 e. The molecule has 0 aliphatic carbocycles. The van der Waals surface area contributed by atoms with Gasteiger partial charge in [0, 0.05) is 19.0 Å². The van der Waals surface area contributed by atoms with E-state index in [0.717, 1.165) is 25.1 Å². The van der Waals surface area contributed by atoms with Crippen LogP contribution in [0.25, 0.3) is 0 Å². The summed E-state index contributed by atoms with van der Waals surface area (Å²) in [6, 6.07) is 0.146. The fourth-order valence-electron chi connectivity index (χ4n) is 1.94. The summed E-state index contributed by atoms with van der Waals surface area (Å²) in [5.41, 5.74) is 0.991. The molecular weight excluding hydrogens is 262 g/mol. The Hall–Kier alpha value is -0.880. The first-order valence-electron chi connectivity index (χ1n) is 6.90. The fourth-order valence-corrected chi connectivity index (χ4v) is 2.83. The molecule has 0 aromatic carbocycles. The first kappa shape index (κ1) is 16.2. The number of hydrogen-bond acceptors (Lipinski definition) is 4. The van der Waals surface area contributed by atoms with Gasteiger partial charge in [0.15, 0.2) is 0 Å². The van der Waals surface area contributed by atoms with Gasteiger partial charge in [-0.1, -0.05) is 13.8 Å². The van der Waals surface area contributed by atoms with E-state index >= 15 is 0 Å². The lowest BCUT2D eigenvalue weighted by molar-refractivity contribution is 0.483. The first-order chi connectivity index (χ1) is 8.98. The maximum absolute atomic E-state index is 11.5. The summed E-state index contributed by atoms with van der Waals surface area (Å²) < 4.78 is 24.9. The van der Waals surface area contributed by atoms with Crippen LogP contribution in [-0.2, 0) is 16.9 Å². The third-order valence-electron chi connectivity index (χ3n) is 3.11. The Morgan fingerprint density at radius 2 is 2.16 bits per heavy atom. The Balaban J connectivity index is 2.55. The number of rotatable bonds is 9. The van der Waals surface area contributed by atoms with E-state index in [2.05, 4.69) is 17.2 Å². The van der Waals surface area contributed by atoms with Crippen molar-refractivity contribution in [1.29, 1.82) is 0 Å².